The second-order valence-corrected chi connectivity index (χ2v) is 0. The summed E-state index contributed by atoms with van der Waals surface area (Å²) in [7, 11) is 2.17. The zero-order chi connectivity index (χ0) is 2.00. The van der Waals surface area contributed by atoms with E-state index in [4.69, 9.17) is 0 Å². The van der Waals surface area contributed by atoms with Crippen LogP contribution in [0.2, 0.25) is 0 Å². The average Bonchev–Trinajstić information content (AvgIpc) is 1.00. The van der Waals surface area contributed by atoms with Crippen molar-refractivity contribution in [3.63, 3.8) is 0 Å². The van der Waals surface area contributed by atoms with Crippen LogP contribution in [0.3, 0.4) is 0 Å². The predicted octanol–water partition coefficient (Wildman–Crippen LogP) is 0.313. The first-order chi connectivity index (χ1) is 1.00. The molecule has 0 aliphatic heterocycles. The third-order valence-electron chi connectivity index (χ3n) is 0. The van der Waals surface area contributed by atoms with Crippen LogP contribution in [0, 0.1) is 0 Å². The van der Waals surface area contributed by atoms with Gasteiger partial charge in [-0.05, 0) is 0 Å². The summed E-state index contributed by atoms with van der Waals surface area (Å²) in [6, 6.07) is 0. The molecule has 0 aromatic carbocycles. The van der Waals surface area contributed by atoms with Gasteiger partial charge in [-0.1, -0.05) is 0 Å². The summed E-state index contributed by atoms with van der Waals surface area (Å²) in [5.41, 5.74) is 0. The maximum absolute atomic E-state index is 3.17. The van der Waals surface area contributed by atoms with Crippen LogP contribution in [-0.4, -0.2) is 0 Å². The van der Waals surface area contributed by atoms with Gasteiger partial charge in [0.1, 0.15) is 0 Å². The Morgan fingerprint density at radius 2 is 1.00 bits per heavy atom. The van der Waals surface area contributed by atoms with E-state index >= 15 is 0 Å². The second-order valence-electron chi connectivity index (χ2n) is 0. The Kier molecular flexibility index (Phi) is 247. The molecule has 6 heavy (non-hydrogen) atoms. The number of rotatable bonds is 0. The van der Waals surface area contributed by atoms with Gasteiger partial charge in [-0.2, -0.15) is 0 Å². The molecule has 0 saturated heterocycles. The Morgan fingerprint density at radius 1 is 1.00 bits per heavy atom. The Balaban J connectivity index is -0.000000000833. The van der Waals surface area contributed by atoms with E-state index in [1.165, 1.54) is 0 Å². The molecule has 0 aromatic rings. The fourth-order valence-electron chi connectivity index (χ4n) is 0. The monoisotopic (exact) mass is 445 g/mol. The van der Waals surface area contributed by atoms with Gasteiger partial charge < -0.3 is 0 Å². The predicted molar refractivity (Wildman–Crippen MR) is 9.71 cm³/mol. The van der Waals surface area contributed by atoms with Crippen LogP contribution in [0.4, 0.5) is 0 Å². The molecule has 49 valence electrons. The first kappa shape index (κ1) is 35.3. The van der Waals surface area contributed by atoms with Gasteiger partial charge in [-0.25, -0.2) is 0 Å². The first-order valence-corrected chi connectivity index (χ1v) is 2.52. The fraction of sp³-hybridized carbons (Fsp3) is 0. The van der Waals surface area contributed by atoms with E-state index in [-0.39, 0.29) is 71.1 Å². The van der Waals surface area contributed by atoms with Crippen molar-refractivity contribution >= 4 is 7.93 Å². The van der Waals surface area contributed by atoms with Crippen LogP contribution < -0.4 is 0 Å². The molecule has 0 aliphatic carbocycles. The molecule has 1 atom stereocenters. The molecular weight excluding hydrogens is 444 g/mol. The Morgan fingerprint density at radius 3 is 1.00 bits per heavy atom. The largest absolute Gasteiger partial charge is 0 e. The second kappa shape index (κ2) is 42.0. The molecule has 0 rings (SSSR count). The molecule has 0 nitrogen and oxygen atoms in total. The van der Waals surface area contributed by atoms with E-state index in [1.807, 2.05) is 0 Å². The van der Waals surface area contributed by atoms with Gasteiger partial charge in [-0.3, -0.25) is 0 Å². The molecule has 0 spiro atoms. The zero-order valence-corrected chi connectivity index (χ0v) is 10.6. The van der Waals surface area contributed by atoms with Crippen molar-refractivity contribution in [1.29, 1.82) is 0 Å². The van der Waals surface area contributed by atoms with Gasteiger partial charge in [0.2, 0.25) is 0 Å². The van der Waals surface area contributed by atoms with Crippen LogP contribution in [0.5, 0.6) is 0 Å². The number of hydrogen-bond acceptors (Lipinski definition) is 0. The molecule has 0 amide bonds. The van der Waals surface area contributed by atoms with E-state index < -0.39 is 0 Å². The van der Waals surface area contributed by atoms with Crippen LogP contribution in [0.15, 0.2) is 0 Å². The van der Waals surface area contributed by atoms with Gasteiger partial charge in [0, 0.05) is 71.1 Å². The summed E-state index contributed by atoms with van der Waals surface area (Å²) in [4.78, 5) is 0. The van der Waals surface area contributed by atoms with Gasteiger partial charge in [0.15, 0.2) is 0 Å². The van der Waals surface area contributed by atoms with Crippen molar-refractivity contribution < 1.29 is 86.7 Å². The SMILES string of the molecule is [Fe].[Ni].[Ni].[PH2][Fe].[W]. The molecule has 0 heterocycles. The molecule has 1 unspecified atom stereocenters. The van der Waals surface area contributed by atoms with Crippen molar-refractivity contribution in [2.75, 3.05) is 0 Å². The normalized spacial score (nSPS) is 1.00. The van der Waals surface area contributed by atoms with E-state index in [9.17, 15) is 0 Å². The Bertz CT molecular complexity index is 11.5. The smallest absolute Gasteiger partial charge is 0 e. The maximum atomic E-state index is 3.17. The van der Waals surface area contributed by atoms with Crippen LogP contribution in [0.1, 0.15) is 0 Å². The standard InChI is InChI=1S/2Fe.2Ni.H2P.W/h;;;;1H2;/q;+1;;;-1;. The van der Waals surface area contributed by atoms with Crippen LogP contribution >= 0.6 is 7.93 Å². The number of hydrogen-bond donors (Lipinski definition) is 0. The van der Waals surface area contributed by atoms with Gasteiger partial charge in [-0.15, -0.1) is 0 Å². The minimum absolute atomic E-state index is 0. The molecule has 0 aliphatic rings. The summed E-state index contributed by atoms with van der Waals surface area (Å²) in [5.74, 6) is 0. The molecule has 6 heteroatoms. The van der Waals surface area contributed by atoms with Crippen molar-refractivity contribution in [2.24, 2.45) is 0 Å². The fourth-order valence-corrected chi connectivity index (χ4v) is 0. The molecular formula is H2Fe2Ni2PW. The van der Waals surface area contributed by atoms with Crippen molar-refractivity contribution in [3.05, 3.63) is 0 Å². The summed E-state index contributed by atoms with van der Waals surface area (Å²) in [5, 5.41) is 0. The summed E-state index contributed by atoms with van der Waals surface area (Å²) < 4.78 is 0. The average molecular weight is 446 g/mol. The van der Waals surface area contributed by atoms with Crippen molar-refractivity contribution in [2.45, 2.75) is 0 Å². The van der Waals surface area contributed by atoms with Gasteiger partial charge in [0.05, 0.1) is 0 Å². The summed E-state index contributed by atoms with van der Waals surface area (Å²) >= 11 is 3.17. The molecule has 0 radical (unpaired) electrons. The molecule has 0 aromatic heterocycles. The molecule has 0 N–H and O–H groups in total. The summed E-state index contributed by atoms with van der Waals surface area (Å²) in [6.07, 6.45) is 0. The summed E-state index contributed by atoms with van der Waals surface area (Å²) in [6.45, 7) is 0. The van der Waals surface area contributed by atoms with E-state index in [0.29, 0.717) is 0 Å². The molecule has 0 bridgehead atoms. The van der Waals surface area contributed by atoms with Crippen molar-refractivity contribution in [3.8, 4) is 0 Å². The third-order valence-corrected chi connectivity index (χ3v) is 0. The minimum atomic E-state index is 0. The Hall–Kier alpha value is 3.14. The zero-order valence-electron chi connectivity index (χ0n) is 2.33. The quantitative estimate of drug-likeness (QED) is 0.372. The first-order valence-electron chi connectivity index (χ1n) is 0.204. The maximum Gasteiger partial charge on any atom is 0 e. The van der Waals surface area contributed by atoms with Gasteiger partial charge in [0.25, 0.3) is 0 Å². The third kappa shape index (κ3) is 27.3. The minimum Gasteiger partial charge on any atom is 0 e. The van der Waals surface area contributed by atoms with Crippen molar-refractivity contribution in [1.82, 2.24) is 0 Å². The topological polar surface area (TPSA) is 0 Å². The Labute approximate surface area is 93.3 Å². The molecule has 0 saturated carbocycles. The van der Waals surface area contributed by atoms with E-state index in [1.54, 1.807) is 0 Å². The van der Waals surface area contributed by atoms with Crippen LogP contribution in [-0.2, 0) is 86.7 Å². The van der Waals surface area contributed by atoms with E-state index in [2.05, 4.69) is 23.5 Å². The van der Waals surface area contributed by atoms with Crippen LogP contribution in [0.25, 0.3) is 0 Å². The van der Waals surface area contributed by atoms with E-state index in [0.717, 1.165) is 0 Å². The van der Waals surface area contributed by atoms with Gasteiger partial charge >= 0.3 is 23.5 Å². The molecule has 0 fully saturated rings.